The van der Waals surface area contributed by atoms with Crippen molar-refractivity contribution in [2.24, 2.45) is 0 Å². The van der Waals surface area contributed by atoms with Crippen molar-refractivity contribution in [2.45, 2.75) is 25.2 Å². The number of nitrogens with zero attached hydrogens (tertiary/aromatic N) is 2. The fourth-order valence-corrected chi connectivity index (χ4v) is 2.66. The summed E-state index contributed by atoms with van der Waals surface area (Å²) in [6.45, 7) is -3.26. The lowest BCUT2D eigenvalue weighted by Crippen LogP contribution is -2.19. The van der Waals surface area contributed by atoms with Gasteiger partial charge in [-0.05, 0) is 37.1 Å². The Balaban J connectivity index is 2.28. The highest BCUT2D eigenvalue weighted by Crippen LogP contribution is 2.30. The molecule has 0 aliphatic rings. The molecule has 0 saturated carbocycles. The van der Waals surface area contributed by atoms with Crippen LogP contribution in [0.5, 0.6) is 11.5 Å². The third-order valence-corrected chi connectivity index (χ3v) is 3.96. The fraction of sp³-hybridized carbons (Fsp3) is 0.333. The first kappa shape index (κ1) is 24.7. The van der Waals surface area contributed by atoms with Crippen LogP contribution in [-0.4, -0.2) is 35.4 Å². The Morgan fingerprint density at radius 1 is 0.688 bits per heavy atom. The Kier molecular flexibility index (Phi) is 7.48. The molecule has 0 heterocycles. The van der Waals surface area contributed by atoms with Gasteiger partial charge in [-0.25, -0.2) is 0 Å². The zero-order valence-electron chi connectivity index (χ0n) is 15.9. The summed E-state index contributed by atoms with van der Waals surface area (Å²) in [7, 11) is 0. The molecule has 0 atom stereocenters. The highest BCUT2D eigenvalue weighted by atomic mass is 19.4. The van der Waals surface area contributed by atoms with Crippen LogP contribution in [0, 0.1) is 20.2 Å². The molecule has 0 radical (unpaired) electrons. The molecule has 0 bridgehead atoms. The van der Waals surface area contributed by atoms with Gasteiger partial charge in [-0.1, -0.05) is 0 Å². The molecule has 0 aliphatic heterocycles. The highest BCUT2D eigenvalue weighted by Gasteiger charge is 2.30. The van der Waals surface area contributed by atoms with Crippen LogP contribution in [0.15, 0.2) is 36.4 Å². The van der Waals surface area contributed by atoms with E-state index in [2.05, 4.69) is 9.47 Å². The van der Waals surface area contributed by atoms with Crippen molar-refractivity contribution in [3.05, 3.63) is 67.8 Å². The first-order valence-corrected chi connectivity index (χ1v) is 8.69. The molecule has 2 aromatic carbocycles. The molecule has 0 aromatic heterocycles. The third kappa shape index (κ3) is 7.59. The Bertz CT molecular complexity index is 913. The van der Waals surface area contributed by atoms with Gasteiger partial charge in [-0.2, -0.15) is 26.3 Å². The first-order valence-electron chi connectivity index (χ1n) is 8.69. The van der Waals surface area contributed by atoms with Gasteiger partial charge in [-0.3, -0.25) is 20.2 Å². The Hall–Kier alpha value is -3.58. The molecule has 0 N–H and O–H groups in total. The van der Waals surface area contributed by atoms with Crippen LogP contribution in [0.1, 0.15) is 11.1 Å². The van der Waals surface area contributed by atoms with Gasteiger partial charge in [0.2, 0.25) is 0 Å². The summed E-state index contributed by atoms with van der Waals surface area (Å²) >= 11 is 0. The minimum absolute atomic E-state index is 0.0782. The van der Waals surface area contributed by atoms with Crippen molar-refractivity contribution in [3.8, 4) is 11.5 Å². The molecule has 14 heteroatoms. The lowest BCUT2D eigenvalue weighted by molar-refractivity contribution is -0.386. The average Bonchev–Trinajstić information content (AvgIpc) is 2.67. The quantitative estimate of drug-likeness (QED) is 0.286. The molecule has 0 amide bonds. The van der Waals surface area contributed by atoms with Crippen LogP contribution in [-0.2, 0) is 12.8 Å². The number of alkyl halides is 6. The first-order chi connectivity index (χ1) is 14.7. The van der Waals surface area contributed by atoms with Gasteiger partial charge < -0.3 is 9.47 Å². The second-order valence-electron chi connectivity index (χ2n) is 6.40. The minimum Gasteiger partial charge on any atom is -0.484 e. The van der Waals surface area contributed by atoms with Gasteiger partial charge in [0.05, 0.1) is 9.85 Å². The predicted octanol–water partition coefficient (Wildman–Crippen LogP) is 5.17. The third-order valence-electron chi connectivity index (χ3n) is 3.96. The molecule has 2 rings (SSSR count). The van der Waals surface area contributed by atoms with E-state index in [4.69, 9.17) is 0 Å². The largest absolute Gasteiger partial charge is 0.484 e. The molecule has 2 aromatic rings. The van der Waals surface area contributed by atoms with E-state index in [1.165, 1.54) is 0 Å². The van der Waals surface area contributed by atoms with E-state index in [1.807, 2.05) is 0 Å². The van der Waals surface area contributed by atoms with E-state index in [-0.39, 0.29) is 35.5 Å². The molecule has 0 spiro atoms. The molecule has 174 valence electrons. The van der Waals surface area contributed by atoms with Gasteiger partial charge in [0, 0.05) is 23.3 Å². The van der Waals surface area contributed by atoms with Crippen molar-refractivity contribution in [3.63, 3.8) is 0 Å². The number of hydrogen-bond acceptors (Lipinski definition) is 6. The van der Waals surface area contributed by atoms with E-state index >= 15 is 0 Å². The molecule has 8 nitrogen and oxygen atoms in total. The van der Waals surface area contributed by atoms with Gasteiger partial charge in [-0.15, -0.1) is 0 Å². The summed E-state index contributed by atoms with van der Waals surface area (Å²) in [6.07, 6.45) is -9.77. The molecule has 0 fully saturated rings. The van der Waals surface area contributed by atoms with Crippen molar-refractivity contribution >= 4 is 11.4 Å². The maximum absolute atomic E-state index is 12.3. The van der Waals surface area contributed by atoms with Crippen LogP contribution in [0.3, 0.4) is 0 Å². The Labute approximate surface area is 175 Å². The van der Waals surface area contributed by atoms with Crippen molar-refractivity contribution in [2.75, 3.05) is 13.2 Å². The monoisotopic (exact) mass is 468 g/mol. The number of nitro benzene ring substituents is 2. The number of benzene rings is 2. The lowest BCUT2D eigenvalue weighted by atomic mass is 10.0. The second kappa shape index (κ2) is 9.70. The standard InChI is InChI=1S/C18H14F6N2O6/c19-17(20,21)9-31-13-3-5-15(25(27)28)11(7-13)1-2-12-8-14(32-10-18(22,23)24)4-6-16(12)26(29)30/h3-8H,1-2,9-10H2. The number of ether oxygens (including phenoxy) is 2. The molecular weight excluding hydrogens is 454 g/mol. The van der Waals surface area contributed by atoms with E-state index < -0.39 is 46.8 Å². The average molecular weight is 468 g/mol. The number of aryl methyl sites for hydroxylation is 2. The minimum atomic E-state index is -4.64. The summed E-state index contributed by atoms with van der Waals surface area (Å²) in [4.78, 5) is 20.9. The van der Waals surface area contributed by atoms with Crippen LogP contribution >= 0.6 is 0 Å². The number of hydrogen-bond donors (Lipinski definition) is 0. The molecule has 0 unspecified atom stereocenters. The van der Waals surface area contributed by atoms with Gasteiger partial charge in [0.1, 0.15) is 11.5 Å². The summed E-state index contributed by atoms with van der Waals surface area (Å²) in [6, 6.07) is 5.80. The number of nitro groups is 2. The molecular formula is C18H14F6N2O6. The highest BCUT2D eigenvalue weighted by molar-refractivity contribution is 5.48. The summed E-state index contributed by atoms with van der Waals surface area (Å²) in [5.41, 5.74) is -1.08. The maximum Gasteiger partial charge on any atom is 0.422 e. The number of rotatable bonds is 9. The molecule has 0 saturated heterocycles. The normalized spacial score (nSPS) is 11.8. The maximum atomic E-state index is 12.3. The SMILES string of the molecule is O=[N+]([O-])c1ccc(OCC(F)(F)F)cc1CCc1cc(OCC(F)(F)F)ccc1[N+](=O)[O-]. The van der Waals surface area contributed by atoms with E-state index in [9.17, 15) is 46.6 Å². The summed E-state index contributed by atoms with van der Waals surface area (Å²) in [5, 5.41) is 22.4. The Morgan fingerprint density at radius 3 is 1.31 bits per heavy atom. The van der Waals surface area contributed by atoms with Crippen LogP contribution in [0.2, 0.25) is 0 Å². The van der Waals surface area contributed by atoms with Crippen LogP contribution < -0.4 is 9.47 Å². The predicted molar refractivity (Wildman–Crippen MR) is 96.7 cm³/mol. The fourth-order valence-electron chi connectivity index (χ4n) is 2.66. The Morgan fingerprint density at radius 2 is 1.03 bits per heavy atom. The summed E-state index contributed by atoms with van der Waals surface area (Å²) in [5.74, 6) is -0.612. The summed E-state index contributed by atoms with van der Waals surface area (Å²) < 4.78 is 83.1. The van der Waals surface area contributed by atoms with Crippen LogP contribution in [0.4, 0.5) is 37.7 Å². The van der Waals surface area contributed by atoms with Crippen molar-refractivity contribution in [1.29, 1.82) is 0 Å². The van der Waals surface area contributed by atoms with E-state index in [0.29, 0.717) is 0 Å². The van der Waals surface area contributed by atoms with Gasteiger partial charge >= 0.3 is 12.4 Å². The zero-order chi connectivity index (χ0) is 24.1. The van der Waals surface area contributed by atoms with Gasteiger partial charge in [0.15, 0.2) is 13.2 Å². The molecule has 0 aliphatic carbocycles. The van der Waals surface area contributed by atoms with E-state index in [1.54, 1.807) is 0 Å². The van der Waals surface area contributed by atoms with Crippen molar-refractivity contribution < 1.29 is 45.7 Å². The smallest absolute Gasteiger partial charge is 0.422 e. The van der Waals surface area contributed by atoms with Crippen molar-refractivity contribution in [1.82, 2.24) is 0 Å². The number of halogens is 6. The molecule has 32 heavy (non-hydrogen) atoms. The second-order valence-corrected chi connectivity index (χ2v) is 6.40. The zero-order valence-corrected chi connectivity index (χ0v) is 15.9. The van der Waals surface area contributed by atoms with Gasteiger partial charge in [0.25, 0.3) is 11.4 Å². The van der Waals surface area contributed by atoms with E-state index in [0.717, 1.165) is 36.4 Å². The van der Waals surface area contributed by atoms with Crippen LogP contribution in [0.25, 0.3) is 0 Å². The lowest BCUT2D eigenvalue weighted by Gasteiger charge is -2.12. The topological polar surface area (TPSA) is 105 Å².